The summed E-state index contributed by atoms with van der Waals surface area (Å²) in [5.41, 5.74) is 5.93. The second-order valence-corrected chi connectivity index (χ2v) is 5.82. The second kappa shape index (κ2) is 7.52. The van der Waals surface area contributed by atoms with Crippen LogP contribution >= 0.6 is 23.2 Å². The molecule has 21 heavy (non-hydrogen) atoms. The minimum absolute atomic E-state index is 0.00294. The molecule has 1 unspecified atom stereocenters. The molecule has 0 aromatic heterocycles. The lowest BCUT2D eigenvalue weighted by Gasteiger charge is -2.17. The molecule has 1 aromatic carbocycles. The molecule has 0 bridgehead atoms. The first-order valence-corrected chi connectivity index (χ1v) is 7.19. The number of amides is 1. The van der Waals surface area contributed by atoms with Gasteiger partial charge in [0.1, 0.15) is 0 Å². The van der Waals surface area contributed by atoms with Crippen molar-refractivity contribution in [1.82, 2.24) is 5.32 Å². The molecule has 1 aromatic rings. The molecule has 0 radical (unpaired) electrons. The molecular formula is C14H18Cl2N2O3. The van der Waals surface area contributed by atoms with Crippen LogP contribution in [-0.2, 0) is 9.53 Å². The maximum Gasteiger partial charge on any atom is 0.338 e. The van der Waals surface area contributed by atoms with Crippen LogP contribution in [0.15, 0.2) is 12.1 Å². The van der Waals surface area contributed by atoms with Gasteiger partial charge in [-0.3, -0.25) is 4.79 Å². The zero-order chi connectivity index (χ0) is 16.2. The topological polar surface area (TPSA) is 81.4 Å². The van der Waals surface area contributed by atoms with Gasteiger partial charge in [-0.2, -0.15) is 0 Å². The molecule has 1 atom stereocenters. The number of halogens is 2. The van der Waals surface area contributed by atoms with Crippen molar-refractivity contribution < 1.29 is 14.3 Å². The summed E-state index contributed by atoms with van der Waals surface area (Å²) in [6.07, 6.45) is 0. The largest absolute Gasteiger partial charge is 0.452 e. The van der Waals surface area contributed by atoms with Crippen LogP contribution in [0.2, 0.25) is 10.0 Å². The molecule has 0 aliphatic carbocycles. The van der Waals surface area contributed by atoms with Crippen molar-refractivity contribution in [3.8, 4) is 0 Å². The number of carbonyl (C=O) groups excluding carboxylic acids is 2. The number of hydrogen-bond donors (Lipinski definition) is 2. The fourth-order valence-electron chi connectivity index (χ4n) is 1.40. The van der Waals surface area contributed by atoms with Crippen LogP contribution in [0.1, 0.15) is 31.1 Å². The number of hydrogen-bond acceptors (Lipinski definition) is 4. The summed E-state index contributed by atoms with van der Waals surface area (Å²) in [5.74, 6) is -0.760. The van der Waals surface area contributed by atoms with Gasteiger partial charge < -0.3 is 15.8 Å². The Bertz CT molecular complexity index is 524. The van der Waals surface area contributed by atoms with Gasteiger partial charge in [-0.25, -0.2) is 4.79 Å². The highest BCUT2D eigenvalue weighted by Gasteiger charge is 2.15. The van der Waals surface area contributed by atoms with Gasteiger partial charge in [0.15, 0.2) is 6.61 Å². The Morgan fingerprint density at radius 3 is 2.43 bits per heavy atom. The quantitative estimate of drug-likeness (QED) is 0.641. The van der Waals surface area contributed by atoms with Gasteiger partial charge in [0.05, 0.1) is 21.3 Å². The van der Waals surface area contributed by atoms with Gasteiger partial charge in [0.25, 0.3) is 5.91 Å². The predicted octanol–water partition coefficient (Wildman–Crippen LogP) is 2.89. The van der Waals surface area contributed by atoms with E-state index in [1.54, 1.807) is 0 Å². The highest BCUT2D eigenvalue weighted by Crippen LogP contribution is 2.29. The van der Waals surface area contributed by atoms with Crippen molar-refractivity contribution in [2.24, 2.45) is 5.92 Å². The molecule has 0 heterocycles. The van der Waals surface area contributed by atoms with Crippen molar-refractivity contribution in [3.05, 3.63) is 27.7 Å². The van der Waals surface area contributed by atoms with Crippen LogP contribution in [0.5, 0.6) is 0 Å². The fraction of sp³-hybridized carbons (Fsp3) is 0.429. The third kappa shape index (κ3) is 5.10. The molecule has 5 nitrogen and oxygen atoms in total. The number of nitrogens with one attached hydrogen (secondary N) is 1. The van der Waals surface area contributed by atoms with Crippen molar-refractivity contribution in [2.75, 3.05) is 12.3 Å². The zero-order valence-corrected chi connectivity index (χ0v) is 13.6. The lowest BCUT2D eigenvalue weighted by atomic mass is 10.1. The van der Waals surface area contributed by atoms with E-state index in [1.165, 1.54) is 12.1 Å². The van der Waals surface area contributed by atoms with Gasteiger partial charge in [0, 0.05) is 6.04 Å². The van der Waals surface area contributed by atoms with Crippen LogP contribution in [0.25, 0.3) is 0 Å². The van der Waals surface area contributed by atoms with Crippen LogP contribution in [0.3, 0.4) is 0 Å². The molecule has 0 aliphatic heterocycles. The number of carbonyl (C=O) groups is 2. The van der Waals surface area contributed by atoms with E-state index in [0.29, 0.717) is 5.92 Å². The molecule has 0 saturated heterocycles. The lowest BCUT2D eigenvalue weighted by Crippen LogP contribution is -2.38. The van der Waals surface area contributed by atoms with Crippen LogP contribution in [-0.4, -0.2) is 24.5 Å². The average molecular weight is 333 g/mol. The van der Waals surface area contributed by atoms with Gasteiger partial charge in [0.2, 0.25) is 0 Å². The van der Waals surface area contributed by atoms with Gasteiger partial charge >= 0.3 is 5.97 Å². The van der Waals surface area contributed by atoms with E-state index in [2.05, 4.69) is 5.32 Å². The van der Waals surface area contributed by atoms with E-state index in [9.17, 15) is 9.59 Å². The number of anilines is 1. The van der Waals surface area contributed by atoms with Crippen molar-refractivity contribution in [3.63, 3.8) is 0 Å². The second-order valence-electron chi connectivity index (χ2n) is 5.04. The maximum absolute atomic E-state index is 11.8. The normalized spacial score (nSPS) is 12.1. The summed E-state index contributed by atoms with van der Waals surface area (Å²) in [5, 5.41) is 3.06. The van der Waals surface area contributed by atoms with Gasteiger partial charge in [-0.1, -0.05) is 37.0 Å². The van der Waals surface area contributed by atoms with Gasteiger partial charge in [-0.15, -0.1) is 0 Å². The molecule has 0 saturated carbocycles. The SMILES string of the molecule is CC(C)C(C)NC(=O)COC(=O)c1cc(N)c(Cl)c(Cl)c1. The summed E-state index contributed by atoms with van der Waals surface area (Å²) < 4.78 is 4.91. The summed E-state index contributed by atoms with van der Waals surface area (Å²) in [4.78, 5) is 23.4. The minimum Gasteiger partial charge on any atom is -0.452 e. The number of rotatable bonds is 5. The van der Waals surface area contributed by atoms with E-state index < -0.39 is 5.97 Å². The first-order chi connectivity index (χ1) is 9.72. The first-order valence-electron chi connectivity index (χ1n) is 6.43. The molecule has 1 rings (SSSR count). The number of benzene rings is 1. The van der Waals surface area contributed by atoms with Crippen LogP contribution in [0, 0.1) is 5.92 Å². The summed E-state index contributed by atoms with van der Waals surface area (Å²) >= 11 is 11.6. The lowest BCUT2D eigenvalue weighted by molar-refractivity contribution is -0.125. The molecule has 1 amide bonds. The van der Waals surface area contributed by atoms with Crippen molar-refractivity contribution in [1.29, 1.82) is 0 Å². The standard InChI is InChI=1S/C14H18Cl2N2O3/c1-7(2)8(3)18-12(19)6-21-14(20)9-4-10(15)13(16)11(17)5-9/h4-5,7-8H,6,17H2,1-3H3,(H,18,19). The molecular weight excluding hydrogens is 315 g/mol. The Balaban J connectivity index is 2.60. The Morgan fingerprint density at radius 1 is 1.29 bits per heavy atom. The summed E-state index contributed by atoms with van der Waals surface area (Å²) in [6.45, 7) is 5.48. The number of esters is 1. The highest BCUT2D eigenvalue weighted by molar-refractivity contribution is 6.43. The highest BCUT2D eigenvalue weighted by atomic mass is 35.5. The summed E-state index contributed by atoms with van der Waals surface area (Å²) in [7, 11) is 0. The number of ether oxygens (including phenoxy) is 1. The average Bonchev–Trinajstić information content (AvgIpc) is 2.41. The minimum atomic E-state index is -0.687. The Morgan fingerprint density at radius 2 is 1.90 bits per heavy atom. The van der Waals surface area contributed by atoms with E-state index in [4.69, 9.17) is 33.7 Å². The van der Waals surface area contributed by atoms with E-state index in [-0.39, 0.29) is 39.9 Å². The number of nitrogens with two attached hydrogens (primary N) is 1. The van der Waals surface area contributed by atoms with E-state index in [1.807, 2.05) is 20.8 Å². The Kier molecular flexibility index (Phi) is 6.30. The molecule has 7 heteroatoms. The fourth-order valence-corrected chi connectivity index (χ4v) is 1.74. The van der Waals surface area contributed by atoms with Crippen LogP contribution in [0.4, 0.5) is 5.69 Å². The van der Waals surface area contributed by atoms with Crippen LogP contribution < -0.4 is 11.1 Å². The molecule has 0 aliphatic rings. The first kappa shape index (κ1) is 17.6. The Hall–Kier alpha value is -1.46. The summed E-state index contributed by atoms with van der Waals surface area (Å²) in [6, 6.07) is 2.69. The third-order valence-corrected chi connectivity index (χ3v) is 3.83. The smallest absolute Gasteiger partial charge is 0.338 e. The van der Waals surface area contributed by atoms with Crippen molar-refractivity contribution in [2.45, 2.75) is 26.8 Å². The van der Waals surface area contributed by atoms with E-state index in [0.717, 1.165) is 0 Å². The predicted molar refractivity (Wildman–Crippen MR) is 83.6 cm³/mol. The number of nitrogen functional groups attached to an aromatic ring is 1. The molecule has 0 fully saturated rings. The van der Waals surface area contributed by atoms with E-state index >= 15 is 0 Å². The Labute approximate surface area is 133 Å². The molecule has 116 valence electrons. The monoisotopic (exact) mass is 332 g/mol. The molecule has 0 spiro atoms. The van der Waals surface area contributed by atoms with Crippen molar-refractivity contribution >= 4 is 40.8 Å². The third-order valence-electron chi connectivity index (χ3n) is 3.02. The zero-order valence-electron chi connectivity index (χ0n) is 12.1. The maximum atomic E-state index is 11.8. The molecule has 3 N–H and O–H groups in total. The van der Waals surface area contributed by atoms with Gasteiger partial charge in [-0.05, 0) is 25.0 Å².